The van der Waals surface area contributed by atoms with Crippen LogP contribution in [0.2, 0.25) is 0 Å². The first-order valence-corrected chi connectivity index (χ1v) is 24.1. The standard InChI is InChI=1S/C25H31ClF2O5.C24H32ClFO5/c1-5-21(32)33-25(20(31)12-26)13(2)8-15-16-10-18(27)17-9-14(29)6-7-22(17,3)24(16,28)19(30)11-23(15,25)4;1-20(2)30-19-10-16-15-6-5-13-9-14(27)7-8-21(13,3)23(15,26)17(28)11-22(16,4)24(19,31-20)18(29)12-25/h6-7,9,13,15-16,18-19,30H,5,8,10-12H2,1-4H3;9,15-17,19,28H,5-8,10-12H2,1-4H3/t13-,15?,16?,18-,19?,22?,23?,24-,25-;15-,16-,17-,19+,21-,22-,23-,24+/m00/s1. The van der Waals surface area contributed by atoms with E-state index in [4.69, 9.17) is 37.4 Å². The average Bonchev–Trinajstić information content (AvgIpc) is 3.74. The summed E-state index contributed by atoms with van der Waals surface area (Å²) in [6, 6.07) is 0. The summed E-state index contributed by atoms with van der Waals surface area (Å²) >= 11 is 12.0. The van der Waals surface area contributed by atoms with E-state index in [1.54, 1.807) is 40.7 Å². The second kappa shape index (κ2) is 15.3. The maximum Gasteiger partial charge on any atom is 0.306 e. The van der Waals surface area contributed by atoms with Crippen LogP contribution in [-0.2, 0) is 38.2 Å². The van der Waals surface area contributed by atoms with Gasteiger partial charge >= 0.3 is 5.97 Å². The van der Waals surface area contributed by atoms with E-state index in [2.05, 4.69) is 0 Å². The third-order valence-electron chi connectivity index (χ3n) is 18.8. The number of esters is 1. The van der Waals surface area contributed by atoms with E-state index in [0.29, 0.717) is 38.5 Å². The van der Waals surface area contributed by atoms with Gasteiger partial charge in [0.2, 0.25) is 0 Å². The fourth-order valence-electron chi connectivity index (χ4n) is 16.0. The number of aliphatic hydroxyl groups is 2. The molecule has 0 aromatic carbocycles. The van der Waals surface area contributed by atoms with Gasteiger partial charge in [-0.25, -0.2) is 13.2 Å². The zero-order chi connectivity index (χ0) is 47.2. The smallest absolute Gasteiger partial charge is 0.306 e. The number of hydrogen-bond donors (Lipinski definition) is 2. The van der Waals surface area contributed by atoms with Gasteiger partial charge in [0, 0.05) is 52.3 Å². The molecule has 0 aromatic heterocycles. The van der Waals surface area contributed by atoms with Crippen LogP contribution in [-0.4, -0.2) is 104 Å². The molecular weight excluding hydrogens is 876 g/mol. The number of hydrogen-bond acceptors (Lipinski definition) is 10. The molecule has 10 nitrogen and oxygen atoms in total. The van der Waals surface area contributed by atoms with E-state index in [1.807, 2.05) is 13.8 Å². The number of fused-ring (bicyclic) bond motifs is 12. The second-order valence-electron chi connectivity index (χ2n) is 21.9. The molecule has 0 bridgehead atoms. The topological polar surface area (TPSA) is 154 Å². The maximum absolute atomic E-state index is 17.2. The summed E-state index contributed by atoms with van der Waals surface area (Å²) in [6.07, 6.45) is 2.86. The highest BCUT2D eigenvalue weighted by Gasteiger charge is 2.81. The molecule has 9 rings (SSSR count). The van der Waals surface area contributed by atoms with E-state index in [1.165, 1.54) is 19.1 Å². The van der Waals surface area contributed by atoms with Crippen LogP contribution in [0.4, 0.5) is 13.2 Å². The number of allylic oxidation sites excluding steroid dienone is 5. The molecule has 5 unspecified atom stereocenters. The van der Waals surface area contributed by atoms with E-state index < -0.39 is 122 Å². The summed E-state index contributed by atoms with van der Waals surface area (Å²) in [5.74, 6) is -5.86. The number of aliphatic hydroxyl groups excluding tert-OH is 2. The van der Waals surface area contributed by atoms with Crippen LogP contribution < -0.4 is 0 Å². The SMILES string of the molecule is CC1(C)O[C@@H]2C[C@H]3[C@@H]4CCC5=CC(=O)CC[C@]5(C)[C@@]4(F)[C@@H](O)C[C@]3(C)[C@]2(C(=O)CCl)O1.CCC(=O)O[C@]1(C(=O)CCl)[C@@H](C)CC2C3C[C@H](F)C4=CC(=O)C=CC4(C)[C@@]3(F)C(O)CC21C. The molecule has 9 aliphatic rings. The number of halogens is 5. The highest BCUT2D eigenvalue weighted by Crippen LogP contribution is 2.74. The molecule has 17 atom stereocenters. The predicted molar refractivity (Wildman–Crippen MR) is 230 cm³/mol. The van der Waals surface area contributed by atoms with E-state index in [-0.39, 0.29) is 54.6 Å². The van der Waals surface area contributed by atoms with Crippen LogP contribution in [0.1, 0.15) is 120 Å². The van der Waals surface area contributed by atoms with Crippen molar-refractivity contribution in [1.29, 1.82) is 0 Å². The number of ketones is 4. The molecule has 0 aromatic rings. The maximum atomic E-state index is 17.2. The summed E-state index contributed by atoms with van der Waals surface area (Å²) in [6.45, 7) is 14.0. The first-order valence-electron chi connectivity index (χ1n) is 23.0. The molecule has 7 fully saturated rings. The van der Waals surface area contributed by atoms with Crippen molar-refractivity contribution in [3.05, 3.63) is 35.5 Å². The van der Waals surface area contributed by atoms with Crippen LogP contribution in [0.5, 0.6) is 0 Å². The van der Waals surface area contributed by atoms with Gasteiger partial charge in [-0.3, -0.25) is 24.0 Å². The average molecular weight is 940 g/mol. The molecular formula is C49H63Cl2F3O10. The predicted octanol–water partition coefficient (Wildman–Crippen LogP) is 7.94. The van der Waals surface area contributed by atoms with Crippen molar-refractivity contribution >= 4 is 52.3 Å². The minimum atomic E-state index is -2.25. The third kappa shape index (κ3) is 5.87. The quantitative estimate of drug-likeness (QED) is 0.198. The van der Waals surface area contributed by atoms with Crippen molar-refractivity contribution in [2.45, 2.75) is 172 Å². The van der Waals surface area contributed by atoms with Crippen molar-refractivity contribution < 1.29 is 61.6 Å². The van der Waals surface area contributed by atoms with Gasteiger partial charge in [-0.15, -0.1) is 23.2 Å². The van der Waals surface area contributed by atoms with Gasteiger partial charge in [0.05, 0.1) is 30.1 Å². The van der Waals surface area contributed by atoms with E-state index in [0.717, 1.165) is 11.6 Å². The molecule has 1 aliphatic heterocycles. The van der Waals surface area contributed by atoms with Crippen LogP contribution >= 0.6 is 23.2 Å². The molecule has 6 saturated carbocycles. The van der Waals surface area contributed by atoms with Crippen molar-refractivity contribution in [3.8, 4) is 0 Å². The Morgan fingerprint density at radius 1 is 0.844 bits per heavy atom. The fourth-order valence-corrected chi connectivity index (χ4v) is 16.4. The van der Waals surface area contributed by atoms with Crippen LogP contribution in [0.15, 0.2) is 35.5 Å². The molecule has 0 spiro atoms. The first kappa shape index (κ1) is 48.1. The first-order chi connectivity index (χ1) is 29.7. The molecule has 15 heteroatoms. The zero-order valence-corrected chi connectivity index (χ0v) is 39.6. The lowest BCUT2D eigenvalue weighted by atomic mass is 9.44. The summed E-state index contributed by atoms with van der Waals surface area (Å²) in [4.78, 5) is 63.0. The summed E-state index contributed by atoms with van der Waals surface area (Å²) in [7, 11) is 0. The minimum Gasteiger partial charge on any atom is -0.450 e. The molecule has 8 aliphatic carbocycles. The van der Waals surface area contributed by atoms with Gasteiger partial charge in [0.15, 0.2) is 45.8 Å². The lowest BCUT2D eigenvalue weighted by Gasteiger charge is -2.63. The van der Waals surface area contributed by atoms with Gasteiger partial charge in [-0.05, 0) is 108 Å². The Hall–Kier alpha value is -2.42. The lowest BCUT2D eigenvalue weighted by Crippen LogP contribution is -2.71. The van der Waals surface area contributed by atoms with Gasteiger partial charge < -0.3 is 24.4 Å². The van der Waals surface area contributed by atoms with E-state index >= 15 is 13.2 Å². The molecule has 0 amide bonds. The third-order valence-corrected chi connectivity index (χ3v) is 19.3. The number of carbonyl (C=O) groups is 5. The highest BCUT2D eigenvalue weighted by atomic mass is 35.5. The fraction of sp³-hybridized carbons (Fsp3) is 0.776. The summed E-state index contributed by atoms with van der Waals surface area (Å²) < 4.78 is 68.3. The molecule has 0 radical (unpaired) electrons. The number of ether oxygens (including phenoxy) is 3. The van der Waals surface area contributed by atoms with Crippen LogP contribution in [0.3, 0.4) is 0 Å². The molecule has 2 N–H and O–H groups in total. The molecule has 1 heterocycles. The number of carbonyl (C=O) groups excluding carboxylic acids is 5. The van der Waals surface area contributed by atoms with Crippen molar-refractivity contribution in [2.75, 3.05) is 11.8 Å². The summed E-state index contributed by atoms with van der Waals surface area (Å²) in [5.41, 5.74) is -10.5. The highest BCUT2D eigenvalue weighted by molar-refractivity contribution is 6.29. The molecule has 1 saturated heterocycles. The Morgan fingerprint density at radius 3 is 2.11 bits per heavy atom. The summed E-state index contributed by atoms with van der Waals surface area (Å²) in [5, 5.41) is 22.8. The van der Waals surface area contributed by atoms with Crippen LogP contribution in [0.25, 0.3) is 0 Å². The normalized spacial score (nSPS) is 50.5. The lowest BCUT2D eigenvalue weighted by molar-refractivity contribution is -0.250. The van der Waals surface area contributed by atoms with Gasteiger partial charge in [0.25, 0.3) is 0 Å². The zero-order valence-electron chi connectivity index (χ0n) is 38.0. The van der Waals surface area contributed by atoms with Crippen LogP contribution in [0, 0.1) is 51.2 Å². The molecule has 64 heavy (non-hydrogen) atoms. The monoisotopic (exact) mass is 938 g/mol. The van der Waals surface area contributed by atoms with Gasteiger partial charge in [0.1, 0.15) is 11.8 Å². The number of rotatable bonds is 6. The molecule has 354 valence electrons. The van der Waals surface area contributed by atoms with Gasteiger partial charge in [-0.2, -0.15) is 0 Å². The minimum absolute atomic E-state index is 0.0377. The second-order valence-corrected chi connectivity index (χ2v) is 22.4. The number of Topliss-reactive ketones (excluding diaryl/α,β-unsaturated/α-hetero) is 2. The van der Waals surface area contributed by atoms with E-state index in [9.17, 15) is 34.2 Å². The Labute approximate surface area is 383 Å². The Bertz CT molecular complexity index is 2150. The Balaban J connectivity index is 0.000000175. The van der Waals surface area contributed by atoms with Crippen molar-refractivity contribution in [1.82, 2.24) is 0 Å². The van der Waals surface area contributed by atoms with Gasteiger partial charge in [-0.1, -0.05) is 46.3 Å². The van der Waals surface area contributed by atoms with Crippen molar-refractivity contribution in [3.63, 3.8) is 0 Å². The largest absolute Gasteiger partial charge is 0.450 e. The Kier molecular flexibility index (Phi) is 11.5. The number of alkyl halides is 5. The van der Waals surface area contributed by atoms with Crippen molar-refractivity contribution in [2.24, 2.45) is 51.2 Å². The Morgan fingerprint density at radius 2 is 1.47 bits per heavy atom.